The fourth-order valence-electron chi connectivity index (χ4n) is 6.31. The minimum Gasteiger partial charge on any atom is -0.294 e. The van der Waals surface area contributed by atoms with Gasteiger partial charge in [-0.2, -0.15) is 4.58 Å². The summed E-state index contributed by atoms with van der Waals surface area (Å²) in [5.41, 5.74) is 8.44. The van der Waals surface area contributed by atoms with E-state index in [0.717, 1.165) is 38.9 Å². The number of benzene rings is 3. The smallest absolute Gasteiger partial charge is 0.208 e. The molecule has 1 aliphatic heterocycles. The van der Waals surface area contributed by atoms with E-state index in [0.29, 0.717) is 6.04 Å². The first-order valence-corrected chi connectivity index (χ1v) is 15.2. The third kappa shape index (κ3) is 5.87. The van der Waals surface area contributed by atoms with E-state index in [1.165, 1.54) is 56.9 Å². The molecule has 0 fully saturated rings. The number of para-hydroxylation sites is 1. The van der Waals surface area contributed by atoms with Crippen molar-refractivity contribution in [3.8, 4) is 0 Å². The zero-order valence-corrected chi connectivity index (χ0v) is 24.4. The van der Waals surface area contributed by atoms with Crippen molar-refractivity contribution < 1.29 is 0 Å². The lowest BCUT2D eigenvalue weighted by Gasteiger charge is -2.28. The van der Waals surface area contributed by atoms with E-state index in [9.17, 15) is 0 Å². The number of unbranched alkanes of at least 4 members (excludes halogenated alkanes) is 1. The normalized spacial score (nSPS) is 19.1. The summed E-state index contributed by atoms with van der Waals surface area (Å²) in [6, 6.07) is 26.0. The summed E-state index contributed by atoms with van der Waals surface area (Å²) in [4.78, 5) is 2.50. The molecule has 0 N–H and O–H groups in total. The average molecular weight is 518 g/mol. The van der Waals surface area contributed by atoms with E-state index < -0.39 is 0 Å². The van der Waals surface area contributed by atoms with E-state index in [4.69, 9.17) is 0 Å². The van der Waals surface area contributed by atoms with Gasteiger partial charge in [-0.3, -0.25) is 4.90 Å². The van der Waals surface area contributed by atoms with Crippen LogP contribution in [0.4, 0.5) is 5.69 Å². The number of likely N-dealkylation sites (N-methyl/N-ethyl adjacent to an activating group) is 1. The molecule has 0 spiro atoms. The Kier molecular flexibility index (Phi) is 8.94. The van der Waals surface area contributed by atoms with Crippen LogP contribution in [0.25, 0.3) is 5.57 Å². The Labute approximate surface area is 235 Å². The first kappa shape index (κ1) is 27.3. The maximum absolute atomic E-state index is 2.58. The van der Waals surface area contributed by atoms with E-state index >= 15 is 0 Å². The quantitative estimate of drug-likeness (QED) is 0.228. The van der Waals surface area contributed by atoms with Crippen LogP contribution in [0.5, 0.6) is 0 Å². The van der Waals surface area contributed by atoms with Crippen LogP contribution in [0.2, 0.25) is 0 Å². The Morgan fingerprint density at radius 3 is 2.21 bits per heavy atom. The molecule has 3 aromatic rings. The SMILES string of the molecule is CCCC[N+]1=c2cc/c(=C(\c3ccc(CC)cc3)C3C=CC(N(CC)CC)C=C3)cc2CCc2ccccc21. The van der Waals surface area contributed by atoms with Crippen LogP contribution in [0.1, 0.15) is 62.8 Å². The predicted molar refractivity (Wildman–Crippen MR) is 167 cm³/mol. The highest BCUT2D eigenvalue weighted by atomic mass is 15.1. The van der Waals surface area contributed by atoms with Crippen LogP contribution in [0.3, 0.4) is 0 Å². The van der Waals surface area contributed by atoms with Crippen LogP contribution in [-0.2, 0) is 19.3 Å². The predicted octanol–water partition coefficient (Wildman–Crippen LogP) is 6.62. The van der Waals surface area contributed by atoms with E-state index in [-0.39, 0.29) is 5.92 Å². The largest absolute Gasteiger partial charge is 0.294 e. The average Bonchev–Trinajstić information content (AvgIpc) is 3.14. The van der Waals surface area contributed by atoms with Gasteiger partial charge in [0.15, 0.2) is 0 Å². The molecule has 5 rings (SSSR count). The van der Waals surface area contributed by atoms with Crippen LogP contribution in [0.15, 0.2) is 91.0 Å². The molecule has 0 saturated heterocycles. The minimum absolute atomic E-state index is 0.265. The van der Waals surface area contributed by atoms with Gasteiger partial charge in [-0.1, -0.05) is 101 Å². The summed E-state index contributed by atoms with van der Waals surface area (Å²) in [5.74, 6) is 0.265. The van der Waals surface area contributed by atoms with Crippen molar-refractivity contribution >= 4 is 11.3 Å². The lowest BCUT2D eigenvalue weighted by molar-refractivity contribution is 0.286. The first-order chi connectivity index (χ1) is 19.2. The molecule has 0 aromatic heterocycles. The van der Waals surface area contributed by atoms with Gasteiger partial charge >= 0.3 is 0 Å². The fraction of sp³-hybridized carbons (Fsp3) is 0.378. The van der Waals surface area contributed by atoms with E-state index in [1.54, 1.807) is 0 Å². The Morgan fingerprint density at radius 1 is 0.795 bits per heavy atom. The molecule has 0 saturated carbocycles. The number of nitrogens with zero attached hydrogens (tertiary/aromatic N) is 2. The number of rotatable bonds is 9. The molecule has 1 heterocycles. The molecular weight excluding hydrogens is 472 g/mol. The zero-order chi connectivity index (χ0) is 27.2. The van der Waals surface area contributed by atoms with Crippen molar-refractivity contribution in [3.05, 3.63) is 124 Å². The molecule has 39 heavy (non-hydrogen) atoms. The third-order valence-corrected chi connectivity index (χ3v) is 8.63. The van der Waals surface area contributed by atoms with E-state index in [1.807, 2.05) is 0 Å². The second kappa shape index (κ2) is 12.7. The van der Waals surface area contributed by atoms with Gasteiger partial charge in [0.05, 0.1) is 0 Å². The van der Waals surface area contributed by atoms with Gasteiger partial charge in [-0.15, -0.1) is 0 Å². The summed E-state index contributed by atoms with van der Waals surface area (Å²) in [6.07, 6.45) is 15.3. The first-order valence-electron chi connectivity index (χ1n) is 15.2. The summed E-state index contributed by atoms with van der Waals surface area (Å²) in [7, 11) is 0. The van der Waals surface area contributed by atoms with Crippen molar-refractivity contribution in [3.63, 3.8) is 0 Å². The molecule has 0 atom stereocenters. The molecule has 1 aliphatic carbocycles. The van der Waals surface area contributed by atoms with E-state index in [2.05, 4.69) is 128 Å². The van der Waals surface area contributed by atoms with Crippen LogP contribution in [-0.4, -0.2) is 30.6 Å². The molecule has 0 bridgehead atoms. The number of aryl methyl sites for hydroxylation is 3. The van der Waals surface area contributed by atoms with Gasteiger partial charge < -0.3 is 0 Å². The van der Waals surface area contributed by atoms with Gasteiger partial charge in [0.25, 0.3) is 0 Å². The summed E-state index contributed by atoms with van der Waals surface area (Å²) in [5, 5.41) is 2.73. The standard InChI is InChI=1S/C37H45N2/c1-5-9-26-39-35-13-11-10-12-29(35)18-19-32-27-33(22-25-36(32)39)37(30-16-14-28(6-2)15-17-30)31-20-23-34(24-21-31)38(7-3)8-4/h10-17,20-25,27,31,34H,5-9,18-19,26H2,1-4H3/q+1/b37-33-. The van der Waals surface area contributed by atoms with Crippen LogP contribution < -0.4 is 15.2 Å². The maximum atomic E-state index is 2.58. The minimum atomic E-state index is 0.265. The van der Waals surface area contributed by atoms with Crippen molar-refractivity contribution in [1.29, 1.82) is 0 Å². The van der Waals surface area contributed by atoms with Gasteiger partial charge in [-0.05, 0) is 66.4 Å². The van der Waals surface area contributed by atoms with Crippen molar-refractivity contribution in [1.82, 2.24) is 9.48 Å². The van der Waals surface area contributed by atoms with Crippen LogP contribution >= 0.6 is 0 Å². The highest BCUT2D eigenvalue weighted by Crippen LogP contribution is 2.28. The van der Waals surface area contributed by atoms with Crippen molar-refractivity contribution in [2.45, 2.75) is 65.8 Å². The number of hydrogen-bond donors (Lipinski definition) is 0. The van der Waals surface area contributed by atoms with Gasteiger partial charge in [0, 0.05) is 41.6 Å². The molecule has 0 radical (unpaired) electrons. The topological polar surface area (TPSA) is 6.25 Å². The lowest BCUT2D eigenvalue weighted by Crippen LogP contribution is -2.33. The third-order valence-electron chi connectivity index (χ3n) is 8.63. The number of fused-ring (bicyclic) bond motifs is 2. The van der Waals surface area contributed by atoms with Gasteiger partial charge in [0.1, 0.15) is 6.54 Å². The highest BCUT2D eigenvalue weighted by molar-refractivity contribution is 5.71. The molecule has 3 aromatic carbocycles. The van der Waals surface area contributed by atoms with Crippen LogP contribution in [0, 0.1) is 5.92 Å². The van der Waals surface area contributed by atoms with Crippen molar-refractivity contribution in [2.24, 2.45) is 5.92 Å². The molecule has 2 aliphatic rings. The second-order valence-electron chi connectivity index (χ2n) is 10.9. The van der Waals surface area contributed by atoms with Gasteiger partial charge in [0.2, 0.25) is 11.0 Å². The molecular formula is C37H45N2+. The molecule has 2 heteroatoms. The Balaban J connectivity index is 1.67. The molecule has 2 nitrogen and oxygen atoms in total. The lowest BCUT2D eigenvalue weighted by atomic mass is 9.85. The van der Waals surface area contributed by atoms with Gasteiger partial charge in [-0.25, -0.2) is 0 Å². The zero-order valence-electron chi connectivity index (χ0n) is 24.4. The number of hydrogen-bond acceptors (Lipinski definition) is 1. The molecule has 0 unspecified atom stereocenters. The summed E-state index contributed by atoms with van der Waals surface area (Å²) in [6.45, 7) is 12.2. The summed E-state index contributed by atoms with van der Waals surface area (Å²) >= 11 is 0. The number of allylic oxidation sites excluding steroid dienone is 2. The monoisotopic (exact) mass is 517 g/mol. The molecule has 0 amide bonds. The second-order valence-corrected chi connectivity index (χ2v) is 10.9. The Morgan fingerprint density at radius 2 is 1.51 bits per heavy atom. The Bertz CT molecular complexity index is 1440. The molecule has 202 valence electrons. The Hall–Kier alpha value is -3.23. The van der Waals surface area contributed by atoms with Crippen molar-refractivity contribution in [2.75, 3.05) is 19.6 Å². The summed E-state index contributed by atoms with van der Waals surface area (Å²) < 4.78 is 2.58. The highest BCUT2D eigenvalue weighted by Gasteiger charge is 2.23. The fourth-order valence-corrected chi connectivity index (χ4v) is 6.31. The maximum Gasteiger partial charge on any atom is 0.208 e.